The number of anilines is 1. The van der Waals surface area contributed by atoms with Gasteiger partial charge in [0.15, 0.2) is 0 Å². The standard InChI is InChI=1S/C11H14N4O/c1-7-6-10(16)14-15-11(7)8-2-4-9(13-12)5-3-8/h2-5,7,13H,6,12H2,1H3,(H,14,16). The van der Waals surface area contributed by atoms with Crippen molar-refractivity contribution < 1.29 is 4.79 Å². The summed E-state index contributed by atoms with van der Waals surface area (Å²) in [5.74, 6) is 5.40. The zero-order chi connectivity index (χ0) is 11.5. The number of rotatable bonds is 2. The second kappa shape index (κ2) is 4.32. The molecule has 2 rings (SSSR count). The summed E-state index contributed by atoms with van der Waals surface area (Å²) in [6.07, 6.45) is 0.482. The van der Waals surface area contributed by atoms with E-state index in [1.54, 1.807) is 0 Å². The van der Waals surface area contributed by atoms with E-state index in [9.17, 15) is 4.79 Å². The number of nitrogens with two attached hydrogens (primary N) is 1. The van der Waals surface area contributed by atoms with Crippen LogP contribution in [0.1, 0.15) is 18.9 Å². The van der Waals surface area contributed by atoms with Crippen LogP contribution in [0.2, 0.25) is 0 Å². The lowest BCUT2D eigenvalue weighted by Crippen LogP contribution is -2.31. The van der Waals surface area contributed by atoms with Crippen molar-refractivity contribution in [2.45, 2.75) is 13.3 Å². The normalized spacial score (nSPS) is 20.0. The number of hydrogen-bond acceptors (Lipinski definition) is 4. The van der Waals surface area contributed by atoms with Crippen LogP contribution in [-0.4, -0.2) is 11.6 Å². The summed E-state index contributed by atoms with van der Waals surface area (Å²) < 4.78 is 0. The van der Waals surface area contributed by atoms with Crippen LogP contribution >= 0.6 is 0 Å². The van der Waals surface area contributed by atoms with E-state index in [1.165, 1.54) is 0 Å². The van der Waals surface area contributed by atoms with Crippen molar-refractivity contribution >= 4 is 17.3 Å². The van der Waals surface area contributed by atoms with Gasteiger partial charge in [0.05, 0.1) is 5.71 Å². The smallest absolute Gasteiger partial charge is 0.240 e. The van der Waals surface area contributed by atoms with Crippen LogP contribution in [0.3, 0.4) is 0 Å². The third kappa shape index (κ3) is 2.04. The fourth-order valence-electron chi connectivity index (χ4n) is 1.74. The Labute approximate surface area is 93.7 Å². The number of hydrazine groups is 1. The average Bonchev–Trinajstić information content (AvgIpc) is 2.29. The van der Waals surface area contributed by atoms with Crippen molar-refractivity contribution in [1.82, 2.24) is 5.43 Å². The van der Waals surface area contributed by atoms with Gasteiger partial charge in [-0.05, 0) is 17.7 Å². The zero-order valence-corrected chi connectivity index (χ0v) is 9.03. The molecule has 1 aliphatic rings. The maximum atomic E-state index is 11.1. The van der Waals surface area contributed by atoms with Gasteiger partial charge in [-0.25, -0.2) is 5.43 Å². The fraction of sp³-hybridized carbons (Fsp3) is 0.273. The van der Waals surface area contributed by atoms with Crippen molar-refractivity contribution in [3.63, 3.8) is 0 Å². The number of hydrogen-bond donors (Lipinski definition) is 3. The number of carbonyl (C=O) groups excluding carboxylic acids is 1. The highest BCUT2D eigenvalue weighted by Gasteiger charge is 2.21. The van der Waals surface area contributed by atoms with E-state index in [1.807, 2.05) is 31.2 Å². The third-order valence-electron chi connectivity index (χ3n) is 2.61. The average molecular weight is 218 g/mol. The minimum atomic E-state index is -0.0310. The highest BCUT2D eigenvalue weighted by Crippen LogP contribution is 2.17. The number of amides is 1. The minimum absolute atomic E-state index is 0.0310. The Hall–Kier alpha value is -1.88. The molecule has 1 aliphatic heterocycles. The first-order chi connectivity index (χ1) is 7.70. The molecule has 5 heteroatoms. The second-order valence-electron chi connectivity index (χ2n) is 3.86. The van der Waals surface area contributed by atoms with Gasteiger partial charge < -0.3 is 5.43 Å². The summed E-state index contributed by atoms with van der Waals surface area (Å²) >= 11 is 0. The van der Waals surface area contributed by atoms with Crippen LogP contribution in [0.4, 0.5) is 5.69 Å². The Morgan fingerprint density at radius 2 is 2.12 bits per heavy atom. The number of benzene rings is 1. The molecule has 0 aliphatic carbocycles. The van der Waals surface area contributed by atoms with Gasteiger partial charge in [-0.1, -0.05) is 19.1 Å². The Morgan fingerprint density at radius 1 is 1.44 bits per heavy atom. The Bertz CT molecular complexity index is 424. The summed E-state index contributed by atoms with van der Waals surface area (Å²) in [6, 6.07) is 7.62. The highest BCUT2D eigenvalue weighted by molar-refractivity contribution is 6.05. The van der Waals surface area contributed by atoms with Gasteiger partial charge in [0.25, 0.3) is 0 Å². The zero-order valence-electron chi connectivity index (χ0n) is 9.03. The maximum absolute atomic E-state index is 11.1. The largest absolute Gasteiger partial charge is 0.324 e. The van der Waals surface area contributed by atoms with Crippen LogP contribution in [0.5, 0.6) is 0 Å². The van der Waals surface area contributed by atoms with E-state index in [4.69, 9.17) is 5.84 Å². The van der Waals surface area contributed by atoms with Gasteiger partial charge in [-0.15, -0.1) is 0 Å². The SMILES string of the molecule is CC1CC(=O)NN=C1c1ccc(NN)cc1. The summed E-state index contributed by atoms with van der Waals surface area (Å²) in [4.78, 5) is 11.1. The minimum Gasteiger partial charge on any atom is -0.324 e. The first kappa shape index (κ1) is 10.6. The molecule has 16 heavy (non-hydrogen) atoms. The Balaban J connectivity index is 2.26. The second-order valence-corrected chi connectivity index (χ2v) is 3.86. The Kier molecular flexibility index (Phi) is 2.87. The molecule has 0 saturated carbocycles. The van der Waals surface area contributed by atoms with Crippen LogP contribution in [0.15, 0.2) is 29.4 Å². The van der Waals surface area contributed by atoms with E-state index in [0.29, 0.717) is 6.42 Å². The lowest BCUT2D eigenvalue weighted by molar-refractivity contribution is -0.121. The van der Waals surface area contributed by atoms with Crippen molar-refractivity contribution in [3.05, 3.63) is 29.8 Å². The summed E-state index contributed by atoms with van der Waals surface area (Å²) in [5.41, 5.74) is 7.82. The van der Waals surface area contributed by atoms with Gasteiger partial charge in [0.2, 0.25) is 5.91 Å². The first-order valence-corrected chi connectivity index (χ1v) is 5.14. The topological polar surface area (TPSA) is 79.5 Å². The van der Waals surface area contributed by atoms with Crippen LogP contribution in [-0.2, 0) is 4.79 Å². The first-order valence-electron chi connectivity index (χ1n) is 5.14. The van der Waals surface area contributed by atoms with Crippen molar-refractivity contribution in [2.24, 2.45) is 16.9 Å². The molecule has 5 nitrogen and oxygen atoms in total. The molecule has 0 spiro atoms. The lowest BCUT2D eigenvalue weighted by atomic mass is 9.94. The molecule has 1 aromatic carbocycles. The summed E-state index contributed by atoms with van der Waals surface area (Å²) in [5, 5.41) is 4.08. The highest BCUT2D eigenvalue weighted by atomic mass is 16.2. The number of carbonyl (C=O) groups is 1. The number of nitrogens with one attached hydrogen (secondary N) is 2. The van der Waals surface area contributed by atoms with Gasteiger partial charge in [0, 0.05) is 18.0 Å². The predicted octanol–water partition coefficient (Wildman–Crippen LogP) is 0.832. The van der Waals surface area contributed by atoms with E-state index >= 15 is 0 Å². The monoisotopic (exact) mass is 218 g/mol. The molecule has 1 aromatic rings. The predicted molar refractivity (Wildman–Crippen MR) is 62.7 cm³/mol. The van der Waals surface area contributed by atoms with Gasteiger partial charge in [-0.2, -0.15) is 5.10 Å². The van der Waals surface area contributed by atoms with Crippen molar-refractivity contribution in [2.75, 3.05) is 5.43 Å². The number of hydrazone groups is 1. The molecule has 1 atom stereocenters. The maximum Gasteiger partial charge on any atom is 0.240 e. The molecule has 1 unspecified atom stereocenters. The van der Waals surface area contributed by atoms with E-state index in [0.717, 1.165) is 17.0 Å². The molecule has 4 N–H and O–H groups in total. The van der Waals surface area contributed by atoms with Gasteiger partial charge in [-0.3, -0.25) is 10.6 Å². The fourth-order valence-corrected chi connectivity index (χ4v) is 1.74. The van der Waals surface area contributed by atoms with Crippen LogP contribution < -0.4 is 16.7 Å². The third-order valence-corrected chi connectivity index (χ3v) is 2.61. The molecule has 0 bridgehead atoms. The van der Waals surface area contributed by atoms with Crippen molar-refractivity contribution in [3.8, 4) is 0 Å². The molecule has 0 radical (unpaired) electrons. The van der Waals surface area contributed by atoms with Crippen LogP contribution in [0.25, 0.3) is 0 Å². The number of nitrogen functional groups attached to an aromatic ring is 1. The molecule has 0 saturated heterocycles. The number of nitrogens with zero attached hydrogens (tertiary/aromatic N) is 1. The molecule has 1 amide bonds. The van der Waals surface area contributed by atoms with Gasteiger partial charge in [0.1, 0.15) is 0 Å². The van der Waals surface area contributed by atoms with E-state index in [2.05, 4.69) is 16.0 Å². The molecular weight excluding hydrogens is 204 g/mol. The lowest BCUT2D eigenvalue weighted by Gasteiger charge is -2.19. The van der Waals surface area contributed by atoms with Crippen LogP contribution in [0, 0.1) is 5.92 Å². The summed E-state index contributed by atoms with van der Waals surface area (Å²) in [6.45, 7) is 1.99. The molecule has 84 valence electrons. The molecule has 0 fully saturated rings. The molecular formula is C11H14N4O. The van der Waals surface area contributed by atoms with E-state index < -0.39 is 0 Å². The summed E-state index contributed by atoms with van der Waals surface area (Å²) in [7, 11) is 0. The quantitative estimate of drug-likeness (QED) is 0.508. The van der Waals surface area contributed by atoms with Crippen molar-refractivity contribution in [1.29, 1.82) is 0 Å². The van der Waals surface area contributed by atoms with Gasteiger partial charge >= 0.3 is 0 Å². The van der Waals surface area contributed by atoms with E-state index in [-0.39, 0.29) is 11.8 Å². The Morgan fingerprint density at radius 3 is 2.69 bits per heavy atom. The molecule has 0 aromatic heterocycles. The molecule has 1 heterocycles.